The van der Waals surface area contributed by atoms with Crippen LogP contribution >= 0.6 is 11.3 Å². The zero-order chi connectivity index (χ0) is 16.4. The Kier molecular flexibility index (Phi) is 4.20. The third kappa shape index (κ3) is 3.00. The number of carbonyl (C=O) groups is 1. The Labute approximate surface area is 137 Å². The quantitative estimate of drug-likeness (QED) is 0.766. The van der Waals surface area contributed by atoms with E-state index in [0.717, 1.165) is 22.3 Å². The normalized spacial score (nSPS) is 10.9. The SMILES string of the molecule is Cc1nnc2sc(C(=O)NCCc3ccccn3)c(N)c2c1C. The zero-order valence-electron chi connectivity index (χ0n) is 13.0. The Balaban J connectivity index is 1.76. The fourth-order valence-electron chi connectivity index (χ4n) is 2.34. The number of hydrogen-bond acceptors (Lipinski definition) is 6. The molecule has 0 aliphatic heterocycles. The molecular weight excluding hydrogens is 310 g/mol. The molecule has 6 nitrogen and oxygen atoms in total. The zero-order valence-corrected chi connectivity index (χ0v) is 13.8. The van der Waals surface area contributed by atoms with Crippen molar-refractivity contribution in [2.24, 2.45) is 0 Å². The number of rotatable bonds is 4. The Bertz CT molecular complexity index is 860. The number of nitrogens with one attached hydrogen (secondary N) is 1. The lowest BCUT2D eigenvalue weighted by Gasteiger charge is -2.04. The molecule has 0 aliphatic carbocycles. The Morgan fingerprint density at radius 2 is 2.13 bits per heavy atom. The maximum atomic E-state index is 12.4. The Morgan fingerprint density at radius 3 is 2.87 bits per heavy atom. The number of aromatic nitrogens is 3. The van der Waals surface area contributed by atoms with Crippen LogP contribution in [0.3, 0.4) is 0 Å². The summed E-state index contributed by atoms with van der Waals surface area (Å²) in [6, 6.07) is 5.73. The molecule has 0 bridgehead atoms. The lowest BCUT2D eigenvalue weighted by Crippen LogP contribution is -2.25. The fraction of sp³-hybridized carbons (Fsp3) is 0.250. The van der Waals surface area contributed by atoms with E-state index < -0.39 is 0 Å². The molecule has 0 radical (unpaired) electrons. The summed E-state index contributed by atoms with van der Waals surface area (Å²) in [7, 11) is 0. The third-order valence-corrected chi connectivity index (χ3v) is 4.82. The largest absolute Gasteiger partial charge is 0.397 e. The van der Waals surface area contributed by atoms with E-state index in [9.17, 15) is 4.79 Å². The number of thiophene rings is 1. The average Bonchev–Trinajstić information content (AvgIpc) is 2.89. The van der Waals surface area contributed by atoms with Gasteiger partial charge in [-0.25, -0.2) is 0 Å². The maximum absolute atomic E-state index is 12.4. The number of amides is 1. The number of fused-ring (bicyclic) bond motifs is 1. The molecule has 3 N–H and O–H groups in total. The summed E-state index contributed by atoms with van der Waals surface area (Å²) < 4.78 is 0. The first-order valence-corrected chi connectivity index (χ1v) is 8.09. The van der Waals surface area contributed by atoms with Gasteiger partial charge in [-0.05, 0) is 31.5 Å². The van der Waals surface area contributed by atoms with Crippen LogP contribution in [-0.4, -0.2) is 27.6 Å². The second-order valence-electron chi connectivity index (χ2n) is 5.26. The second kappa shape index (κ2) is 6.29. The van der Waals surface area contributed by atoms with Gasteiger partial charge in [-0.3, -0.25) is 9.78 Å². The maximum Gasteiger partial charge on any atom is 0.263 e. The lowest BCUT2D eigenvalue weighted by molar-refractivity contribution is 0.0959. The van der Waals surface area contributed by atoms with Crippen molar-refractivity contribution in [3.63, 3.8) is 0 Å². The van der Waals surface area contributed by atoms with Gasteiger partial charge in [0.2, 0.25) is 0 Å². The number of nitrogens with two attached hydrogens (primary N) is 1. The molecular formula is C16H17N5OS. The van der Waals surface area contributed by atoms with Gasteiger partial charge in [0.15, 0.2) is 0 Å². The number of pyridine rings is 1. The summed E-state index contributed by atoms with van der Waals surface area (Å²) in [5.74, 6) is -0.182. The standard InChI is InChI=1S/C16H17N5OS/c1-9-10(2)20-21-16-12(9)13(17)14(23-16)15(22)19-8-6-11-5-3-4-7-18-11/h3-5,7H,6,8,17H2,1-2H3,(H,19,22). The van der Waals surface area contributed by atoms with Crippen LogP contribution in [0.4, 0.5) is 5.69 Å². The van der Waals surface area contributed by atoms with E-state index in [1.165, 1.54) is 11.3 Å². The number of carbonyl (C=O) groups excluding carboxylic acids is 1. The summed E-state index contributed by atoms with van der Waals surface area (Å²) in [5.41, 5.74) is 9.38. The molecule has 3 aromatic heterocycles. The van der Waals surface area contributed by atoms with E-state index in [0.29, 0.717) is 28.4 Å². The fourth-order valence-corrected chi connectivity index (χ4v) is 3.36. The van der Waals surface area contributed by atoms with Crippen LogP contribution in [0.15, 0.2) is 24.4 Å². The van der Waals surface area contributed by atoms with E-state index in [1.54, 1.807) is 6.20 Å². The minimum atomic E-state index is -0.182. The van der Waals surface area contributed by atoms with E-state index in [4.69, 9.17) is 5.73 Å². The summed E-state index contributed by atoms with van der Waals surface area (Å²) in [6.07, 6.45) is 2.42. The van der Waals surface area contributed by atoms with Crippen LogP contribution < -0.4 is 11.1 Å². The van der Waals surface area contributed by atoms with Crippen molar-refractivity contribution >= 4 is 33.1 Å². The minimum Gasteiger partial charge on any atom is -0.397 e. The molecule has 0 fully saturated rings. The summed E-state index contributed by atoms with van der Waals surface area (Å²) >= 11 is 1.27. The number of hydrogen-bond donors (Lipinski definition) is 2. The van der Waals surface area contributed by atoms with Gasteiger partial charge in [0, 0.05) is 30.2 Å². The van der Waals surface area contributed by atoms with Crippen LogP contribution in [0.5, 0.6) is 0 Å². The van der Waals surface area contributed by atoms with E-state index in [1.807, 2.05) is 32.0 Å². The number of nitrogen functional groups attached to an aromatic ring is 1. The van der Waals surface area contributed by atoms with Crippen LogP contribution in [0.1, 0.15) is 26.6 Å². The highest BCUT2D eigenvalue weighted by Gasteiger charge is 2.19. The Morgan fingerprint density at radius 1 is 1.30 bits per heavy atom. The van der Waals surface area contributed by atoms with Gasteiger partial charge in [-0.15, -0.1) is 16.4 Å². The molecule has 0 saturated carbocycles. The third-order valence-electron chi connectivity index (χ3n) is 3.73. The molecule has 0 aromatic carbocycles. The first-order valence-electron chi connectivity index (χ1n) is 7.28. The number of anilines is 1. The van der Waals surface area contributed by atoms with Gasteiger partial charge in [-0.2, -0.15) is 5.10 Å². The van der Waals surface area contributed by atoms with Gasteiger partial charge < -0.3 is 11.1 Å². The van der Waals surface area contributed by atoms with Gasteiger partial charge in [-0.1, -0.05) is 6.07 Å². The van der Waals surface area contributed by atoms with Crippen molar-refractivity contribution in [2.75, 3.05) is 12.3 Å². The molecule has 23 heavy (non-hydrogen) atoms. The highest BCUT2D eigenvalue weighted by molar-refractivity contribution is 7.21. The Hall–Kier alpha value is -2.54. The average molecular weight is 327 g/mol. The van der Waals surface area contributed by atoms with Crippen molar-refractivity contribution in [3.8, 4) is 0 Å². The molecule has 3 heterocycles. The molecule has 3 rings (SSSR count). The minimum absolute atomic E-state index is 0.182. The molecule has 7 heteroatoms. The molecule has 0 atom stereocenters. The van der Waals surface area contributed by atoms with Crippen LogP contribution in [0.25, 0.3) is 10.2 Å². The first kappa shape index (κ1) is 15.4. The number of nitrogens with zero attached hydrogens (tertiary/aromatic N) is 3. The van der Waals surface area contributed by atoms with Crippen LogP contribution in [0, 0.1) is 13.8 Å². The van der Waals surface area contributed by atoms with E-state index in [-0.39, 0.29) is 5.91 Å². The molecule has 3 aromatic rings. The summed E-state index contributed by atoms with van der Waals surface area (Å²) in [4.78, 5) is 17.8. The predicted octanol–water partition coefficient (Wildman–Crippen LogP) is 2.26. The first-order chi connectivity index (χ1) is 11.1. The molecule has 0 aliphatic rings. The van der Waals surface area contributed by atoms with Crippen molar-refractivity contribution in [2.45, 2.75) is 20.3 Å². The summed E-state index contributed by atoms with van der Waals surface area (Å²) in [5, 5.41) is 11.9. The van der Waals surface area contributed by atoms with Gasteiger partial charge in [0.25, 0.3) is 5.91 Å². The van der Waals surface area contributed by atoms with Gasteiger partial charge >= 0.3 is 0 Å². The second-order valence-corrected chi connectivity index (χ2v) is 6.26. The topological polar surface area (TPSA) is 93.8 Å². The summed E-state index contributed by atoms with van der Waals surface area (Å²) in [6.45, 7) is 4.33. The molecule has 118 valence electrons. The molecule has 0 saturated heterocycles. The monoisotopic (exact) mass is 327 g/mol. The van der Waals surface area contributed by atoms with Crippen molar-refractivity contribution in [1.82, 2.24) is 20.5 Å². The highest BCUT2D eigenvalue weighted by Crippen LogP contribution is 2.34. The van der Waals surface area contributed by atoms with E-state index >= 15 is 0 Å². The van der Waals surface area contributed by atoms with E-state index in [2.05, 4.69) is 20.5 Å². The van der Waals surface area contributed by atoms with Gasteiger partial charge in [0.1, 0.15) is 9.71 Å². The van der Waals surface area contributed by atoms with Crippen molar-refractivity contribution in [3.05, 3.63) is 46.2 Å². The van der Waals surface area contributed by atoms with Crippen molar-refractivity contribution in [1.29, 1.82) is 0 Å². The predicted molar refractivity (Wildman–Crippen MR) is 91.6 cm³/mol. The lowest BCUT2D eigenvalue weighted by atomic mass is 10.1. The molecule has 0 unspecified atom stereocenters. The van der Waals surface area contributed by atoms with Crippen molar-refractivity contribution < 1.29 is 4.79 Å². The molecule has 1 amide bonds. The smallest absolute Gasteiger partial charge is 0.263 e. The van der Waals surface area contributed by atoms with Crippen LogP contribution in [-0.2, 0) is 6.42 Å². The van der Waals surface area contributed by atoms with Crippen LogP contribution in [0.2, 0.25) is 0 Å². The molecule has 0 spiro atoms. The highest BCUT2D eigenvalue weighted by atomic mass is 32.1. The number of aryl methyl sites for hydroxylation is 2. The van der Waals surface area contributed by atoms with Gasteiger partial charge in [0.05, 0.1) is 11.4 Å².